The minimum absolute atomic E-state index is 0.302. The maximum atomic E-state index is 12.0. The summed E-state index contributed by atoms with van der Waals surface area (Å²) in [6.45, 7) is 3.41. The van der Waals surface area contributed by atoms with Crippen LogP contribution >= 0.6 is 23.1 Å². The summed E-state index contributed by atoms with van der Waals surface area (Å²) in [4.78, 5) is 22.0. The Bertz CT molecular complexity index is 690. The molecule has 2 aromatic rings. The van der Waals surface area contributed by atoms with Crippen LogP contribution in [0.5, 0.6) is 0 Å². The maximum Gasteiger partial charge on any atom is 0.350 e. The number of nitrogens with two attached hydrogens (primary N) is 1. The van der Waals surface area contributed by atoms with Crippen molar-refractivity contribution in [1.82, 2.24) is 9.97 Å². The molecule has 0 aliphatic carbocycles. The number of rotatable bonds is 8. The average Bonchev–Trinajstić information content (AvgIpc) is 2.88. The zero-order valence-corrected chi connectivity index (χ0v) is 15.0. The lowest BCUT2D eigenvalue weighted by Crippen LogP contribution is -2.08. The predicted molar refractivity (Wildman–Crippen MR) is 94.5 cm³/mol. The number of ether oxygens (including phenoxy) is 2. The summed E-state index contributed by atoms with van der Waals surface area (Å²) in [6.07, 6.45) is 2.74. The first-order valence-corrected chi connectivity index (χ1v) is 9.20. The summed E-state index contributed by atoms with van der Waals surface area (Å²) in [5.41, 5.74) is 6.52. The van der Waals surface area contributed by atoms with Gasteiger partial charge in [-0.3, -0.25) is 0 Å². The Morgan fingerprint density at radius 3 is 2.87 bits per heavy atom. The smallest absolute Gasteiger partial charge is 0.350 e. The number of nitrogens with zero attached hydrogens (tertiary/aromatic N) is 2. The van der Waals surface area contributed by atoms with E-state index in [-0.39, 0.29) is 0 Å². The van der Waals surface area contributed by atoms with E-state index in [9.17, 15) is 4.79 Å². The lowest BCUT2D eigenvalue weighted by molar-refractivity contribution is 0.0533. The van der Waals surface area contributed by atoms with Crippen molar-refractivity contribution in [1.29, 1.82) is 0 Å². The third kappa shape index (κ3) is 4.04. The highest BCUT2D eigenvalue weighted by molar-refractivity contribution is 7.98. The highest BCUT2D eigenvalue weighted by Crippen LogP contribution is 2.37. The van der Waals surface area contributed by atoms with Gasteiger partial charge < -0.3 is 20.5 Å². The Morgan fingerprint density at radius 1 is 1.43 bits per heavy atom. The van der Waals surface area contributed by atoms with Crippen molar-refractivity contribution in [3.05, 3.63) is 4.88 Å². The maximum absolute atomic E-state index is 12.0. The molecule has 0 saturated heterocycles. The highest BCUT2D eigenvalue weighted by Gasteiger charge is 2.22. The molecule has 0 amide bonds. The minimum Gasteiger partial charge on any atom is -0.462 e. The largest absolute Gasteiger partial charge is 0.462 e. The zero-order valence-electron chi connectivity index (χ0n) is 13.3. The summed E-state index contributed by atoms with van der Waals surface area (Å²) >= 11 is 2.67. The van der Waals surface area contributed by atoms with Crippen molar-refractivity contribution in [2.45, 2.75) is 18.5 Å². The van der Waals surface area contributed by atoms with Crippen LogP contribution in [0.2, 0.25) is 0 Å². The molecule has 0 bridgehead atoms. The van der Waals surface area contributed by atoms with Crippen LogP contribution in [0.25, 0.3) is 10.2 Å². The van der Waals surface area contributed by atoms with Gasteiger partial charge in [0.1, 0.15) is 15.5 Å². The van der Waals surface area contributed by atoms with Crippen molar-refractivity contribution in [3.8, 4) is 0 Å². The van der Waals surface area contributed by atoms with Gasteiger partial charge in [-0.2, -0.15) is 0 Å². The van der Waals surface area contributed by atoms with Gasteiger partial charge in [-0.05, 0) is 19.6 Å². The Hall–Kier alpha value is -1.58. The number of anilines is 2. The van der Waals surface area contributed by atoms with Gasteiger partial charge in [-0.1, -0.05) is 11.8 Å². The van der Waals surface area contributed by atoms with Crippen LogP contribution in [0.15, 0.2) is 5.16 Å². The van der Waals surface area contributed by atoms with Gasteiger partial charge in [-0.25, -0.2) is 14.8 Å². The van der Waals surface area contributed by atoms with Crippen LogP contribution < -0.4 is 11.1 Å². The second kappa shape index (κ2) is 8.32. The second-order valence-corrected chi connectivity index (χ2v) is 6.35. The van der Waals surface area contributed by atoms with E-state index in [1.165, 1.54) is 23.1 Å². The van der Waals surface area contributed by atoms with Gasteiger partial charge >= 0.3 is 5.97 Å². The molecule has 9 heteroatoms. The molecule has 0 unspecified atom stereocenters. The molecule has 0 aliphatic rings. The number of hydrogen-bond donors (Lipinski definition) is 2. The van der Waals surface area contributed by atoms with Crippen molar-refractivity contribution in [2.75, 3.05) is 44.2 Å². The Kier molecular flexibility index (Phi) is 6.43. The first-order valence-electron chi connectivity index (χ1n) is 7.16. The third-order valence-electron chi connectivity index (χ3n) is 3.03. The van der Waals surface area contributed by atoms with E-state index in [1.54, 1.807) is 14.0 Å². The standard InChI is InChI=1S/C14H20N4O3S2/c1-4-21-13(19)10-9(15)8-11(16-6-5-7-20-2)17-14(22-3)18-12(8)23-10/h4-7,15H2,1-3H3,(H,16,17,18). The summed E-state index contributed by atoms with van der Waals surface area (Å²) in [6, 6.07) is 0. The third-order valence-corrected chi connectivity index (χ3v) is 4.66. The number of nitrogens with one attached hydrogen (secondary N) is 1. The van der Waals surface area contributed by atoms with Gasteiger partial charge in [0.25, 0.3) is 0 Å². The fraction of sp³-hybridized carbons (Fsp3) is 0.500. The number of carbonyl (C=O) groups is 1. The molecule has 2 heterocycles. The van der Waals surface area contributed by atoms with Crippen LogP contribution in [0.1, 0.15) is 23.0 Å². The van der Waals surface area contributed by atoms with Gasteiger partial charge in [-0.15, -0.1) is 11.3 Å². The molecule has 2 rings (SSSR count). The molecule has 0 aliphatic heterocycles. The van der Waals surface area contributed by atoms with Crippen molar-refractivity contribution in [3.63, 3.8) is 0 Å². The van der Waals surface area contributed by atoms with Gasteiger partial charge in [0.05, 0.1) is 17.7 Å². The van der Waals surface area contributed by atoms with E-state index in [4.69, 9.17) is 15.2 Å². The molecule has 7 nitrogen and oxygen atoms in total. The van der Waals surface area contributed by atoms with E-state index in [0.29, 0.717) is 51.5 Å². The SMILES string of the molecule is CCOC(=O)c1sc2nc(SC)nc(NCCCOC)c2c1N. The Labute approximate surface area is 143 Å². The van der Waals surface area contributed by atoms with Crippen LogP contribution in [0, 0.1) is 0 Å². The summed E-state index contributed by atoms with van der Waals surface area (Å²) in [5.74, 6) is 0.212. The molecule has 2 aromatic heterocycles. The molecule has 0 radical (unpaired) electrons. The van der Waals surface area contributed by atoms with E-state index in [2.05, 4.69) is 15.3 Å². The quantitative estimate of drug-likeness (QED) is 0.322. The van der Waals surface area contributed by atoms with Crippen LogP contribution in [0.4, 0.5) is 11.5 Å². The minimum atomic E-state index is -0.427. The number of aromatic nitrogens is 2. The molecular formula is C14H20N4O3S2. The van der Waals surface area contributed by atoms with Gasteiger partial charge in [0.15, 0.2) is 5.16 Å². The van der Waals surface area contributed by atoms with Crippen molar-refractivity contribution in [2.24, 2.45) is 0 Å². The summed E-state index contributed by atoms with van der Waals surface area (Å²) in [7, 11) is 1.66. The first kappa shape index (κ1) is 17.8. The second-order valence-electron chi connectivity index (χ2n) is 4.58. The zero-order chi connectivity index (χ0) is 16.8. The number of methoxy groups -OCH3 is 1. The Morgan fingerprint density at radius 2 is 2.22 bits per heavy atom. The Balaban J connectivity index is 2.41. The number of esters is 1. The number of hydrogen-bond acceptors (Lipinski definition) is 9. The first-order chi connectivity index (χ1) is 11.1. The fourth-order valence-electron chi connectivity index (χ4n) is 1.99. The van der Waals surface area contributed by atoms with E-state index < -0.39 is 5.97 Å². The average molecular weight is 356 g/mol. The number of thiophene rings is 1. The lowest BCUT2D eigenvalue weighted by Gasteiger charge is -2.08. The summed E-state index contributed by atoms with van der Waals surface area (Å²) < 4.78 is 10.1. The summed E-state index contributed by atoms with van der Waals surface area (Å²) in [5, 5.41) is 4.55. The number of fused-ring (bicyclic) bond motifs is 1. The van der Waals surface area contributed by atoms with Crippen LogP contribution in [-0.4, -0.2) is 49.1 Å². The monoisotopic (exact) mass is 356 g/mol. The molecule has 0 aromatic carbocycles. The highest BCUT2D eigenvalue weighted by atomic mass is 32.2. The molecule has 126 valence electrons. The van der Waals surface area contributed by atoms with Crippen LogP contribution in [-0.2, 0) is 9.47 Å². The van der Waals surface area contributed by atoms with Crippen molar-refractivity contribution >= 4 is 50.8 Å². The molecule has 0 atom stereocenters. The number of carbonyl (C=O) groups excluding carboxylic acids is 1. The van der Waals surface area contributed by atoms with E-state index in [1.807, 2.05) is 6.26 Å². The van der Waals surface area contributed by atoms with Gasteiger partial charge in [0, 0.05) is 20.3 Å². The lowest BCUT2D eigenvalue weighted by atomic mass is 10.2. The number of nitrogen functional groups attached to an aromatic ring is 1. The fourth-order valence-corrected chi connectivity index (χ4v) is 3.40. The predicted octanol–water partition coefficient (Wildman–Crippen LogP) is 2.62. The molecule has 0 spiro atoms. The molecular weight excluding hydrogens is 336 g/mol. The molecule has 23 heavy (non-hydrogen) atoms. The molecule has 0 saturated carbocycles. The molecule has 0 fully saturated rings. The van der Waals surface area contributed by atoms with E-state index >= 15 is 0 Å². The number of thioether (sulfide) groups is 1. The van der Waals surface area contributed by atoms with Gasteiger partial charge in [0.2, 0.25) is 0 Å². The normalized spacial score (nSPS) is 10.9. The topological polar surface area (TPSA) is 99.4 Å². The van der Waals surface area contributed by atoms with Crippen molar-refractivity contribution < 1.29 is 14.3 Å². The van der Waals surface area contributed by atoms with Crippen LogP contribution in [0.3, 0.4) is 0 Å². The van der Waals surface area contributed by atoms with E-state index in [0.717, 1.165) is 6.42 Å². The molecule has 3 N–H and O–H groups in total.